The molecule has 2 unspecified atom stereocenters. The summed E-state index contributed by atoms with van der Waals surface area (Å²) in [6.45, 7) is 0.165. The Morgan fingerprint density at radius 3 is 2.43 bits per heavy atom. The lowest BCUT2D eigenvalue weighted by Crippen LogP contribution is -2.49. The van der Waals surface area contributed by atoms with E-state index < -0.39 is 34.0 Å². The fourth-order valence-electron chi connectivity index (χ4n) is 1.91. The Morgan fingerprint density at radius 2 is 1.90 bits per heavy atom. The lowest BCUT2D eigenvalue weighted by molar-refractivity contribution is -0.142. The van der Waals surface area contributed by atoms with Gasteiger partial charge in [0.1, 0.15) is 5.92 Å². The number of carbonyl (C=O) groups excluding carboxylic acids is 1. The molecule has 1 aliphatic rings. The van der Waals surface area contributed by atoms with Crippen LogP contribution >= 0.6 is 0 Å². The average molecular weight is 323 g/mol. The van der Waals surface area contributed by atoms with E-state index in [1.807, 2.05) is 0 Å². The van der Waals surface area contributed by atoms with Gasteiger partial charge in [-0.15, -0.1) is 0 Å². The van der Waals surface area contributed by atoms with E-state index in [-0.39, 0.29) is 25.5 Å². The van der Waals surface area contributed by atoms with Crippen molar-refractivity contribution in [1.29, 1.82) is 0 Å². The third-order valence-corrected chi connectivity index (χ3v) is 5.21. The van der Waals surface area contributed by atoms with Gasteiger partial charge in [0.2, 0.25) is 10.0 Å². The molecule has 0 spiro atoms. The Balaban J connectivity index is 2.50. The third-order valence-electron chi connectivity index (χ3n) is 3.38. The number of sulfonamides is 1. The van der Waals surface area contributed by atoms with Crippen molar-refractivity contribution in [2.45, 2.75) is 6.04 Å². The molecule has 1 heterocycles. The van der Waals surface area contributed by atoms with Crippen LogP contribution in [-0.2, 0) is 19.6 Å². The Hall–Kier alpha value is -1.39. The first-order valence-electron chi connectivity index (χ1n) is 6.38. The highest BCUT2D eigenvalue weighted by Crippen LogP contribution is 2.18. The van der Waals surface area contributed by atoms with E-state index in [1.54, 1.807) is 0 Å². The minimum atomic E-state index is -3.38. The zero-order chi connectivity index (χ0) is 16.2. The highest BCUT2D eigenvalue weighted by Gasteiger charge is 2.38. The summed E-state index contributed by atoms with van der Waals surface area (Å²) < 4.78 is 29.3. The first-order valence-corrected chi connectivity index (χ1v) is 7.99. The molecule has 0 aliphatic carbocycles. The smallest absolute Gasteiger partial charge is 0.317 e. The number of aliphatic carboxylic acids is 1. The van der Waals surface area contributed by atoms with Crippen molar-refractivity contribution < 1.29 is 27.9 Å². The second-order valence-electron chi connectivity index (χ2n) is 4.99. The Labute approximate surface area is 123 Å². The predicted octanol–water partition coefficient (Wildman–Crippen LogP) is -1.38. The topological polar surface area (TPSA) is 116 Å². The van der Waals surface area contributed by atoms with Gasteiger partial charge < -0.3 is 20.1 Å². The summed E-state index contributed by atoms with van der Waals surface area (Å²) in [7, 11) is 0.908. The minimum Gasteiger partial charge on any atom is -0.481 e. The van der Waals surface area contributed by atoms with Gasteiger partial charge in [0.15, 0.2) is 0 Å². The highest BCUT2D eigenvalue weighted by atomic mass is 32.2. The molecule has 2 atom stereocenters. The second-order valence-corrected chi connectivity index (χ2v) is 7.29. The van der Waals surface area contributed by atoms with Crippen LogP contribution in [0.15, 0.2) is 0 Å². The molecule has 0 aromatic rings. The third kappa shape index (κ3) is 4.55. The molecule has 2 N–H and O–H groups in total. The van der Waals surface area contributed by atoms with E-state index in [9.17, 15) is 18.0 Å². The first-order chi connectivity index (χ1) is 9.66. The normalized spacial score (nSPS) is 22.3. The summed E-state index contributed by atoms with van der Waals surface area (Å²) in [4.78, 5) is 24.2. The Morgan fingerprint density at radius 1 is 1.29 bits per heavy atom. The fraction of sp³-hybridized carbons (Fsp3) is 0.818. The van der Waals surface area contributed by atoms with Crippen molar-refractivity contribution in [1.82, 2.24) is 14.5 Å². The molecule has 0 radical (unpaired) electrons. The van der Waals surface area contributed by atoms with Crippen LogP contribution < -0.4 is 5.32 Å². The standard InChI is InChI=1S/C11H21N3O6S/c1-13(2)21(18,19)5-4-12-11(17)14(3)9-7-20-6-8(9)10(15)16/h8-9H,4-7H2,1-3H3,(H,12,17)(H,15,16). The molecule has 1 rings (SSSR count). The van der Waals surface area contributed by atoms with Gasteiger partial charge in [0.25, 0.3) is 0 Å². The number of nitrogens with one attached hydrogen (secondary N) is 1. The van der Waals surface area contributed by atoms with Crippen LogP contribution in [0.4, 0.5) is 4.79 Å². The van der Waals surface area contributed by atoms with Crippen molar-refractivity contribution in [3.63, 3.8) is 0 Å². The lowest BCUT2D eigenvalue weighted by Gasteiger charge is -2.26. The monoisotopic (exact) mass is 323 g/mol. The molecule has 0 aromatic heterocycles. The molecule has 21 heavy (non-hydrogen) atoms. The van der Waals surface area contributed by atoms with Gasteiger partial charge in [-0.3, -0.25) is 4.79 Å². The summed E-state index contributed by atoms with van der Waals surface area (Å²) in [5.41, 5.74) is 0. The number of nitrogens with zero attached hydrogens (tertiary/aromatic N) is 2. The van der Waals surface area contributed by atoms with Crippen LogP contribution in [-0.4, -0.2) is 87.4 Å². The van der Waals surface area contributed by atoms with Crippen molar-refractivity contribution in [3.8, 4) is 0 Å². The SMILES string of the molecule is CN(C(=O)NCCS(=O)(=O)N(C)C)C1COCC1C(=O)O. The van der Waals surface area contributed by atoms with E-state index in [0.29, 0.717) is 0 Å². The van der Waals surface area contributed by atoms with Crippen LogP contribution in [0.1, 0.15) is 0 Å². The number of carbonyl (C=O) groups is 2. The number of hydrogen-bond donors (Lipinski definition) is 2. The number of rotatable bonds is 6. The van der Waals surface area contributed by atoms with Gasteiger partial charge in [0.05, 0.1) is 25.0 Å². The van der Waals surface area contributed by atoms with E-state index in [4.69, 9.17) is 9.84 Å². The molecule has 122 valence electrons. The van der Waals surface area contributed by atoms with Gasteiger partial charge in [-0.25, -0.2) is 17.5 Å². The summed E-state index contributed by atoms with van der Waals surface area (Å²) >= 11 is 0. The van der Waals surface area contributed by atoms with Gasteiger partial charge in [-0.05, 0) is 0 Å². The maximum absolute atomic E-state index is 11.9. The largest absolute Gasteiger partial charge is 0.481 e. The molecule has 1 aliphatic heterocycles. The molecule has 9 nitrogen and oxygen atoms in total. The quantitative estimate of drug-likeness (QED) is 0.622. The Bertz CT molecular complexity index is 492. The molecule has 0 aromatic carbocycles. The molecule has 0 saturated carbocycles. The number of likely N-dealkylation sites (N-methyl/N-ethyl adjacent to an activating group) is 1. The van der Waals surface area contributed by atoms with E-state index in [0.717, 1.165) is 4.31 Å². The van der Waals surface area contributed by atoms with Crippen molar-refractivity contribution in [2.75, 3.05) is 46.7 Å². The molecule has 1 fully saturated rings. The highest BCUT2D eigenvalue weighted by molar-refractivity contribution is 7.89. The molecule has 2 amide bonds. The van der Waals surface area contributed by atoms with Crippen LogP contribution in [0, 0.1) is 5.92 Å². The molecule has 1 saturated heterocycles. The number of amides is 2. The van der Waals surface area contributed by atoms with Gasteiger partial charge >= 0.3 is 12.0 Å². The van der Waals surface area contributed by atoms with Crippen LogP contribution in [0.25, 0.3) is 0 Å². The number of urea groups is 1. The van der Waals surface area contributed by atoms with Crippen molar-refractivity contribution in [2.24, 2.45) is 5.92 Å². The number of carboxylic acids is 1. The second kappa shape index (κ2) is 7.05. The van der Waals surface area contributed by atoms with Gasteiger partial charge in [0, 0.05) is 27.7 Å². The zero-order valence-electron chi connectivity index (χ0n) is 12.3. The number of ether oxygens (including phenoxy) is 1. The van der Waals surface area contributed by atoms with E-state index in [2.05, 4.69) is 5.32 Å². The Kier molecular flexibility index (Phi) is 5.93. The maximum Gasteiger partial charge on any atom is 0.317 e. The molecule has 0 bridgehead atoms. The van der Waals surface area contributed by atoms with Crippen LogP contribution in [0.3, 0.4) is 0 Å². The molecular weight excluding hydrogens is 302 g/mol. The fourth-order valence-corrected chi connectivity index (χ4v) is 2.63. The molecular formula is C11H21N3O6S. The molecule has 10 heteroatoms. The summed E-state index contributed by atoms with van der Waals surface area (Å²) in [5.74, 6) is -2.01. The van der Waals surface area contributed by atoms with Gasteiger partial charge in [-0.1, -0.05) is 0 Å². The van der Waals surface area contributed by atoms with Gasteiger partial charge in [-0.2, -0.15) is 0 Å². The summed E-state index contributed by atoms with van der Waals surface area (Å²) in [5, 5.41) is 11.5. The van der Waals surface area contributed by atoms with Crippen LogP contribution in [0.5, 0.6) is 0 Å². The minimum absolute atomic E-state index is 0.0466. The summed E-state index contributed by atoms with van der Waals surface area (Å²) in [6.07, 6.45) is 0. The lowest BCUT2D eigenvalue weighted by atomic mass is 10.0. The zero-order valence-corrected chi connectivity index (χ0v) is 13.1. The van der Waals surface area contributed by atoms with Crippen molar-refractivity contribution in [3.05, 3.63) is 0 Å². The predicted molar refractivity (Wildman–Crippen MR) is 74.4 cm³/mol. The maximum atomic E-state index is 11.9. The summed E-state index contributed by atoms with van der Waals surface area (Å²) in [6, 6.07) is -1.08. The number of carboxylic acid groups (broad SMARTS) is 1. The first kappa shape index (κ1) is 17.7. The van der Waals surface area contributed by atoms with Crippen molar-refractivity contribution >= 4 is 22.0 Å². The van der Waals surface area contributed by atoms with E-state index >= 15 is 0 Å². The van der Waals surface area contributed by atoms with E-state index in [1.165, 1.54) is 26.0 Å². The van der Waals surface area contributed by atoms with Crippen LogP contribution in [0.2, 0.25) is 0 Å². The average Bonchev–Trinajstić information content (AvgIpc) is 2.86. The number of hydrogen-bond acceptors (Lipinski definition) is 5.